The number of hydrogen-bond acceptors (Lipinski definition) is 3. The van der Waals surface area contributed by atoms with E-state index in [1.54, 1.807) is 4.90 Å². The summed E-state index contributed by atoms with van der Waals surface area (Å²) in [5.41, 5.74) is 5.17. The van der Waals surface area contributed by atoms with E-state index < -0.39 is 6.04 Å². The average Bonchev–Trinajstić information content (AvgIpc) is 2.34. The number of ketones is 1. The van der Waals surface area contributed by atoms with Gasteiger partial charge < -0.3 is 10.6 Å². The molecule has 0 spiro atoms. The Hall–Kier alpha value is -0.900. The SMILES string of the molecule is CC(C)(C)C(=O)CN1CC[C@@H](N)C1=O. The zero-order valence-corrected chi connectivity index (χ0v) is 9.04. The highest BCUT2D eigenvalue weighted by molar-refractivity contribution is 5.91. The molecule has 0 radical (unpaired) electrons. The minimum atomic E-state index is -0.400. The fourth-order valence-electron chi connectivity index (χ4n) is 1.33. The number of carbonyl (C=O) groups is 2. The van der Waals surface area contributed by atoms with Gasteiger partial charge in [0.05, 0.1) is 12.6 Å². The van der Waals surface area contributed by atoms with E-state index in [4.69, 9.17) is 5.73 Å². The molecule has 1 amide bonds. The number of rotatable bonds is 2. The lowest BCUT2D eigenvalue weighted by molar-refractivity contribution is -0.135. The quantitative estimate of drug-likeness (QED) is 0.687. The van der Waals surface area contributed by atoms with Crippen LogP contribution in [0, 0.1) is 5.41 Å². The highest BCUT2D eigenvalue weighted by Gasteiger charge is 2.32. The topological polar surface area (TPSA) is 63.4 Å². The molecule has 0 aromatic rings. The van der Waals surface area contributed by atoms with Gasteiger partial charge in [0.1, 0.15) is 0 Å². The lowest BCUT2D eigenvalue weighted by atomic mass is 9.90. The van der Waals surface area contributed by atoms with Crippen LogP contribution in [0.15, 0.2) is 0 Å². The summed E-state index contributed by atoms with van der Waals surface area (Å²) < 4.78 is 0. The summed E-state index contributed by atoms with van der Waals surface area (Å²) in [6, 6.07) is -0.400. The molecule has 14 heavy (non-hydrogen) atoms. The van der Waals surface area contributed by atoms with Crippen molar-refractivity contribution in [3.8, 4) is 0 Å². The Morgan fingerprint density at radius 1 is 1.57 bits per heavy atom. The zero-order valence-electron chi connectivity index (χ0n) is 9.04. The molecular weight excluding hydrogens is 180 g/mol. The minimum Gasteiger partial charge on any atom is -0.334 e. The lowest BCUT2D eigenvalue weighted by Crippen LogP contribution is -2.40. The van der Waals surface area contributed by atoms with Crippen molar-refractivity contribution in [3.05, 3.63) is 0 Å². The van der Waals surface area contributed by atoms with Gasteiger partial charge in [-0.05, 0) is 6.42 Å². The van der Waals surface area contributed by atoms with Gasteiger partial charge >= 0.3 is 0 Å². The molecule has 1 heterocycles. The van der Waals surface area contributed by atoms with Crippen molar-refractivity contribution in [2.45, 2.75) is 33.2 Å². The summed E-state index contributed by atoms with van der Waals surface area (Å²) in [6.45, 7) is 6.39. The minimum absolute atomic E-state index is 0.0833. The summed E-state index contributed by atoms with van der Waals surface area (Å²) in [4.78, 5) is 24.6. The van der Waals surface area contributed by atoms with Crippen molar-refractivity contribution in [2.75, 3.05) is 13.1 Å². The Morgan fingerprint density at radius 2 is 2.14 bits per heavy atom. The number of amides is 1. The summed E-state index contributed by atoms with van der Waals surface area (Å²) in [5.74, 6) is -0.0115. The van der Waals surface area contributed by atoms with E-state index in [0.717, 1.165) is 0 Å². The summed E-state index contributed by atoms with van der Waals surface area (Å²) in [5, 5.41) is 0. The molecule has 2 N–H and O–H groups in total. The summed E-state index contributed by atoms with van der Waals surface area (Å²) in [7, 11) is 0. The Morgan fingerprint density at radius 3 is 2.50 bits per heavy atom. The Kier molecular flexibility index (Phi) is 2.95. The van der Waals surface area contributed by atoms with Gasteiger partial charge in [-0.2, -0.15) is 0 Å². The van der Waals surface area contributed by atoms with Crippen LogP contribution in [-0.2, 0) is 9.59 Å². The number of carbonyl (C=O) groups excluding carboxylic acids is 2. The van der Waals surface area contributed by atoms with Gasteiger partial charge in [-0.1, -0.05) is 20.8 Å². The van der Waals surface area contributed by atoms with Crippen LogP contribution in [0.4, 0.5) is 0 Å². The van der Waals surface area contributed by atoms with Gasteiger partial charge in [-0.3, -0.25) is 9.59 Å². The van der Waals surface area contributed by atoms with E-state index in [9.17, 15) is 9.59 Å². The normalized spacial score (nSPS) is 23.0. The molecule has 0 aliphatic carbocycles. The maximum Gasteiger partial charge on any atom is 0.239 e. The molecule has 1 fully saturated rings. The van der Waals surface area contributed by atoms with Gasteiger partial charge in [0.2, 0.25) is 5.91 Å². The lowest BCUT2D eigenvalue weighted by Gasteiger charge is -2.21. The first-order valence-electron chi connectivity index (χ1n) is 4.90. The first-order chi connectivity index (χ1) is 6.32. The highest BCUT2D eigenvalue weighted by Crippen LogP contribution is 2.17. The molecule has 1 aliphatic heterocycles. The predicted molar refractivity (Wildman–Crippen MR) is 53.6 cm³/mol. The van der Waals surface area contributed by atoms with Crippen LogP contribution in [0.3, 0.4) is 0 Å². The fraction of sp³-hybridized carbons (Fsp3) is 0.800. The monoisotopic (exact) mass is 198 g/mol. The molecule has 80 valence electrons. The predicted octanol–water partition coefficient (Wildman–Crippen LogP) is 0.161. The van der Waals surface area contributed by atoms with E-state index in [0.29, 0.717) is 13.0 Å². The molecule has 1 atom stereocenters. The molecule has 1 saturated heterocycles. The third kappa shape index (κ3) is 2.32. The molecule has 1 rings (SSSR count). The van der Waals surface area contributed by atoms with E-state index in [-0.39, 0.29) is 23.7 Å². The van der Waals surface area contributed by atoms with Crippen LogP contribution in [0.5, 0.6) is 0 Å². The standard InChI is InChI=1S/C10H18N2O2/c1-10(2,3)8(13)6-12-5-4-7(11)9(12)14/h7H,4-6,11H2,1-3H3/t7-/m1/s1. The number of nitrogens with two attached hydrogens (primary N) is 1. The van der Waals surface area contributed by atoms with E-state index in [2.05, 4.69) is 0 Å². The molecule has 0 bridgehead atoms. The second-order valence-corrected chi connectivity index (χ2v) is 4.83. The summed E-state index contributed by atoms with van der Waals surface area (Å²) in [6.07, 6.45) is 0.663. The molecule has 0 aromatic carbocycles. The molecule has 0 unspecified atom stereocenters. The van der Waals surface area contributed by atoms with Crippen LogP contribution in [0.1, 0.15) is 27.2 Å². The largest absolute Gasteiger partial charge is 0.334 e. The first kappa shape index (κ1) is 11.2. The number of hydrogen-bond donors (Lipinski definition) is 1. The van der Waals surface area contributed by atoms with Gasteiger partial charge in [-0.15, -0.1) is 0 Å². The number of likely N-dealkylation sites (tertiary alicyclic amines) is 1. The first-order valence-corrected chi connectivity index (χ1v) is 4.90. The average molecular weight is 198 g/mol. The van der Waals surface area contributed by atoms with Gasteiger partial charge in [0.25, 0.3) is 0 Å². The maximum absolute atomic E-state index is 11.6. The molecule has 4 heteroatoms. The van der Waals surface area contributed by atoms with Crippen LogP contribution < -0.4 is 5.73 Å². The van der Waals surface area contributed by atoms with Crippen molar-refractivity contribution >= 4 is 11.7 Å². The van der Waals surface area contributed by atoms with Gasteiger partial charge in [0, 0.05) is 12.0 Å². The fourth-order valence-corrected chi connectivity index (χ4v) is 1.33. The van der Waals surface area contributed by atoms with E-state index >= 15 is 0 Å². The van der Waals surface area contributed by atoms with E-state index in [1.807, 2.05) is 20.8 Å². The molecule has 1 aliphatic rings. The van der Waals surface area contributed by atoms with Crippen LogP contribution >= 0.6 is 0 Å². The van der Waals surface area contributed by atoms with Crippen molar-refractivity contribution in [1.82, 2.24) is 4.90 Å². The van der Waals surface area contributed by atoms with E-state index in [1.165, 1.54) is 0 Å². The van der Waals surface area contributed by atoms with Crippen LogP contribution in [0.25, 0.3) is 0 Å². The van der Waals surface area contributed by atoms with Crippen molar-refractivity contribution in [1.29, 1.82) is 0 Å². The highest BCUT2D eigenvalue weighted by atomic mass is 16.2. The van der Waals surface area contributed by atoms with Gasteiger partial charge in [-0.25, -0.2) is 0 Å². The zero-order chi connectivity index (χ0) is 10.9. The second-order valence-electron chi connectivity index (χ2n) is 4.83. The van der Waals surface area contributed by atoms with Gasteiger partial charge in [0.15, 0.2) is 5.78 Å². The van der Waals surface area contributed by atoms with Crippen LogP contribution in [-0.4, -0.2) is 35.7 Å². The Labute approximate surface area is 84.4 Å². The Balaban J connectivity index is 2.54. The molecular formula is C10H18N2O2. The van der Waals surface area contributed by atoms with Crippen molar-refractivity contribution in [2.24, 2.45) is 11.1 Å². The molecule has 0 saturated carbocycles. The number of nitrogens with zero attached hydrogens (tertiary/aromatic N) is 1. The Bertz CT molecular complexity index is 255. The van der Waals surface area contributed by atoms with Crippen molar-refractivity contribution < 1.29 is 9.59 Å². The smallest absolute Gasteiger partial charge is 0.239 e. The maximum atomic E-state index is 11.6. The summed E-state index contributed by atoms with van der Waals surface area (Å²) >= 11 is 0. The van der Waals surface area contributed by atoms with Crippen molar-refractivity contribution in [3.63, 3.8) is 0 Å². The van der Waals surface area contributed by atoms with Crippen LogP contribution in [0.2, 0.25) is 0 Å². The molecule has 0 aromatic heterocycles. The number of Topliss-reactive ketones (excluding diaryl/α,β-unsaturated/α-hetero) is 1. The third-order valence-electron chi connectivity index (χ3n) is 2.51. The molecule has 4 nitrogen and oxygen atoms in total. The third-order valence-corrected chi connectivity index (χ3v) is 2.51. The second kappa shape index (κ2) is 3.69.